The molecule has 0 unspecified atom stereocenters. The van der Waals surface area contributed by atoms with Crippen molar-refractivity contribution in [2.24, 2.45) is 0 Å². The van der Waals surface area contributed by atoms with Crippen LogP contribution in [0.4, 0.5) is 4.39 Å². The van der Waals surface area contributed by atoms with Gasteiger partial charge in [0.25, 0.3) is 5.91 Å². The summed E-state index contributed by atoms with van der Waals surface area (Å²) in [6.45, 7) is 3.01. The molecule has 0 radical (unpaired) electrons. The van der Waals surface area contributed by atoms with E-state index in [-0.39, 0.29) is 29.7 Å². The number of hydrogen-bond acceptors (Lipinski definition) is 4. The quantitative estimate of drug-likeness (QED) is 0.699. The Labute approximate surface area is 140 Å². The molecule has 1 aromatic carbocycles. The third-order valence-corrected chi connectivity index (χ3v) is 3.20. The second kappa shape index (κ2) is 8.50. The van der Waals surface area contributed by atoms with Gasteiger partial charge in [0.2, 0.25) is 0 Å². The Balaban J connectivity index is 0.00000264. The van der Waals surface area contributed by atoms with Crippen LogP contribution in [0, 0.1) is 12.7 Å². The minimum absolute atomic E-state index is 0. The van der Waals surface area contributed by atoms with Gasteiger partial charge in [-0.15, -0.1) is 12.4 Å². The molecule has 3 N–H and O–H groups in total. The number of nitrogens with zero attached hydrogens (tertiary/aromatic N) is 2. The fourth-order valence-electron chi connectivity index (χ4n) is 2.08. The number of benzene rings is 1. The molecule has 0 aliphatic rings. The van der Waals surface area contributed by atoms with Gasteiger partial charge in [-0.3, -0.25) is 4.79 Å². The van der Waals surface area contributed by atoms with Gasteiger partial charge in [0, 0.05) is 6.54 Å². The van der Waals surface area contributed by atoms with Crippen LogP contribution in [0.5, 0.6) is 5.75 Å². The lowest BCUT2D eigenvalue weighted by Crippen LogP contribution is -2.27. The van der Waals surface area contributed by atoms with Crippen molar-refractivity contribution in [3.63, 3.8) is 0 Å². The number of aromatic nitrogens is 2. The lowest BCUT2D eigenvalue weighted by atomic mass is 10.2. The van der Waals surface area contributed by atoms with Crippen molar-refractivity contribution < 1.29 is 14.3 Å². The zero-order valence-corrected chi connectivity index (χ0v) is 13.8. The monoisotopic (exact) mass is 342 g/mol. The summed E-state index contributed by atoms with van der Waals surface area (Å²) >= 11 is 0. The molecule has 1 aromatic heterocycles. The second-order valence-corrected chi connectivity index (χ2v) is 4.95. The SMILES string of the molecule is CNCCCNC(=O)c1nn(-c2ccc(F)cc2C)cc1O.Cl. The van der Waals surface area contributed by atoms with Crippen molar-refractivity contribution in [1.82, 2.24) is 20.4 Å². The normalized spacial score (nSPS) is 10.2. The van der Waals surface area contributed by atoms with Gasteiger partial charge in [0.15, 0.2) is 11.4 Å². The number of carbonyl (C=O) groups is 1. The van der Waals surface area contributed by atoms with Crippen molar-refractivity contribution >= 4 is 18.3 Å². The first kappa shape index (κ1) is 18.9. The van der Waals surface area contributed by atoms with E-state index in [1.807, 2.05) is 7.05 Å². The van der Waals surface area contributed by atoms with Gasteiger partial charge in [-0.05, 0) is 50.7 Å². The van der Waals surface area contributed by atoms with Crippen LogP contribution >= 0.6 is 12.4 Å². The molecule has 23 heavy (non-hydrogen) atoms. The third kappa shape index (κ3) is 4.67. The maximum atomic E-state index is 13.1. The molecule has 2 aromatic rings. The van der Waals surface area contributed by atoms with Gasteiger partial charge in [-0.25, -0.2) is 9.07 Å². The maximum absolute atomic E-state index is 13.1. The molecule has 0 spiro atoms. The number of aryl methyl sites for hydroxylation is 1. The number of amides is 1. The van der Waals surface area contributed by atoms with Crippen LogP contribution < -0.4 is 10.6 Å². The van der Waals surface area contributed by atoms with Gasteiger partial charge >= 0.3 is 0 Å². The summed E-state index contributed by atoms with van der Waals surface area (Å²) in [5.41, 5.74) is 1.21. The average molecular weight is 343 g/mol. The van der Waals surface area contributed by atoms with Crippen LogP contribution in [-0.2, 0) is 0 Å². The summed E-state index contributed by atoms with van der Waals surface area (Å²) in [5, 5.41) is 19.6. The minimum Gasteiger partial charge on any atom is -0.504 e. The molecular formula is C15H20ClFN4O2. The Morgan fingerprint density at radius 1 is 1.39 bits per heavy atom. The minimum atomic E-state index is -0.438. The Bertz CT molecular complexity index is 675. The van der Waals surface area contributed by atoms with Crippen LogP contribution in [0.25, 0.3) is 5.69 Å². The summed E-state index contributed by atoms with van der Waals surface area (Å²) in [5.74, 6) is -0.998. The van der Waals surface area contributed by atoms with E-state index in [1.165, 1.54) is 23.0 Å². The average Bonchev–Trinajstić information content (AvgIpc) is 2.85. The molecule has 2 rings (SSSR count). The van der Waals surface area contributed by atoms with Crippen LogP contribution in [0.15, 0.2) is 24.4 Å². The van der Waals surface area contributed by atoms with Crippen LogP contribution in [-0.4, -0.2) is 40.9 Å². The highest BCUT2D eigenvalue weighted by Gasteiger charge is 2.17. The molecule has 1 heterocycles. The first-order chi connectivity index (χ1) is 10.5. The van der Waals surface area contributed by atoms with E-state index in [0.29, 0.717) is 17.8 Å². The summed E-state index contributed by atoms with van der Waals surface area (Å²) in [6.07, 6.45) is 2.11. The van der Waals surface area contributed by atoms with Crippen molar-refractivity contribution in [3.8, 4) is 11.4 Å². The van der Waals surface area contributed by atoms with Gasteiger partial charge in [0.1, 0.15) is 5.82 Å². The molecule has 0 bridgehead atoms. The van der Waals surface area contributed by atoms with Crippen molar-refractivity contribution in [3.05, 3.63) is 41.5 Å². The van der Waals surface area contributed by atoms with Crippen LogP contribution in [0.3, 0.4) is 0 Å². The summed E-state index contributed by atoms with van der Waals surface area (Å²) < 4.78 is 14.5. The lowest BCUT2D eigenvalue weighted by Gasteiger charge is -2.05. The Morgan fingerprint density at radius 3 is 2.78 bits per heavy atom. The fourth-order valence-corrected chi connectivity index (χ4v) is 2.08. The van der Waals surface area contributed by atoms with E-state index < -0.39 is 5.91 Å². The van der Waals surface area contributed by atoms with E-state index in [1.54, 1.807) is 13.0 Å². The van der Waals surface area contributed by atoms with Crippen molar-refractivity contribution in [2.75, 3.05) is 20.1 Å². The van der Waals surface area contributed by atoms with Gasteiger partial charge < -0.3 is 15.7 Å². The molecule has 0 aliphatic carbocycles. The molecular weight excluding hydrogens is 323 g/mol. The van der Waals surface area contributed by atoms with E-state index in [4.69, 9.17) is 0 Å². The Hall–Kier alpha value is -2.12. The fraction of sp³-hybridized carbons (Fsp3) is 0.333. The highest BCUT2D eigenvalue weighted by molar-refractivity contribution is 5.94. The number of aromatic hydroxyl groups is 1. The number of nitrogens with one attached hydrogen (secondary N) is 2. The maximum Gasteiger partial charge on any atom is 0.275 e. The van der Waals surface area contributed by atoms with E-state index in [0.717, 1.165) is 13.0 Å². The molecule has 1 amide bonds. The summed E-state index contributed by atoms with van der Waals surface area (Å²) in [6, 6.07) is 4.22. The summed E-state index contributed by atoms with van der Waals surface area (Å²) in [4.78, 5) is 12.0. The number of rotatable bonds is 6. The van der Waals surface area contributed by atoms with Gasteiger partial charge in [-0.1, -0.05) is 0 Å². The molecule has 0 saturated carbocycles. The van der Waals surface area contributed by atoms with E-state index in [9.17, 15) is 14.3 Å². The van der Waals surface area contributed by atoms with E-state index in [2.05, 4.69) is 15.7 Å². The molecule has 8 heteroatoms. The molecule has 0 atom stereocenters. The zero-order chi connectivity index (χ0) is 16.1. The van der Waals surface area contributed by atoms with Gasteiger partial charge in [-0.2, -0.15) is 5.10 Å². The standard InChI is InChI=1S/C15H19FN4O2.ClH/c1-10-8-11(16)4-5-12(10)20-9-13(21)14(19-20)15(22)18-7-3-6-17-2;/h4-5,8-9,17,21H,3,6-7H2,1-2H3,(H,18,22);1H. The topological polar surface area (TPSA) is 79.2 Å². The van der Waals surface area contributed by atoms with E-state index >= 15 is 0 Å². The van der Waals surface area contributed by atoms with Crippen LogP contribution in [0.2, 0.25) is 0 Å². The zero-order valence-electron chi connectivity index (χ0n) is 13.0. The first-order valence-corrected chi connectivity index (χ1v) is 7.01. The highest BCUT2D eigenvalue weighted by Crippen LogP contribution is 2.20. The predicted octanol–water partition coefficient (Wildman–Crippen LogP) is 1.79. The first-order valence-electron chi connectivity index (χ1n) is 7.01. The molecule has 0 aliphatic heterocycles. The van der Waals surface area contributed by atoms with Crippen molar-refractivity contribution in [2.45, 2.75) is 13.3 Å². The van der Waals surface area contributed by atoms with Crippen molar-refractivity contribution in [1.29, 1.82) is 0 Å². The largest absolute Gasteiger partial charge is 0.504 e. The lowest BCUT2D eigenvalue weighted by molar-refractivity contribution is 0.0945. The Morgan fingerprint density at radius 2 is 2.13 bits per heavy atom. The summed E-state index contributed by atoms with van der Waals surface area (Å²) in [7, 11) is 1.83. The number of halogens is 2. The highest BCUT2D eigenvalue weighted by atomic mass is 35.5. The van der Waals surface area contributed by atoms with Crippen LogP contribution in [0.1, 0.15) is 22.5 Å². The molecule has 0 fully saturated rings. The number of hydrogen-bond donors (Lipinski definition) is 3. The third-order valence-electron chi connectivity index (χ3n) is 3.20. The number of carbonyl (C=O) groups excluding carboxylic acids is 1. The molecule has 6 nitrogen and oxygen atoms in total. The molecule has 126 valence electrons. The van der Waals surface area contributed by atoms with Gasteiger partial charge in [0.05, 0.1) is 11.9 Å². The molecule has 0 saturated heterocycles. The second-order valence-electron chi connectivity index (χ2n) is 4.95. The predicted molar refractivity (Wildman–Crippen MR) is 88.0 cm³/mol. The smallest absolute Gasteiger partial charge is 0.275 e. The Kier molecular flexibility index (Phi) is 6.99.